The number of hydrogen-bond donors (Lipinski definition) is 1. The predicted molar refractivity (Wildman–Crippen MR) is 81.7 cm³/mol. The average molecular weight is 272 g/mol. The van der Waals surface area contributed by atoms with E-state index in [0.717, 1.165) is 30.6 Å². The summed E-state index contributed by atoms with van der Waals surface area (Å²) in [5.41, 5.74) is 2.68. The molecular weight excluding hydrogens is 248 g/mol. The zero-order valence-electron chi connectivity index (χ0n) is 12.4. The molecule has 0 radical (unpaired) electrons. The van der Waals surface area contributed by atoms with Crippen LogP contribution in [0.5, 0.6) is 5.75 Å². The van der Waals surface area contributed by atoms with Crippen molar-refractivity contribution >= 4 is 5.57 Å². The number of ether oxygens (including phenoxy) is 1. The minimum Gasteiger partial charge on any atom is -0.489 e. The van der Waals surface area contributed by atoms with Gasteiger partial charge in [0.25, 0.3) is 0 Å². The van der Waals surface area contributed by atoms with E-state index in [1.165, 1.54) is 30.5 Å². The molecular formula is C17H24N2O. The van der Waals surface area contributed by atoms with Crippen molar-refractivity contribution in [3.63, 3.8) is 0 Å². The van der Waals surface area contributed by atoms with Crippen LogP contribution >= 0.6 is 0 Å². The van der Waals surface area contributed by atoms with Gasteiger partial charge in [-0.25, -0.2) is 0 Å². The molecule has 20 heavy (non-hydrogen) atoms. The van der Waals surface area contributed by atoms with Gasteiger partial charge in [-0.1, -0.05) is 6.08 Å². The van der Waals surface area contributed by atoms with Crippen molar-refractivity contribution in [3.8, 4) is 5.75 Å². The molecule has 1 aliphatic carbocycles. The first-order valence-electron chi connectivity index (χ1n) is 7.72. The van der Waals surface area contributed by atoms with Crippen molar-refractivity contribution in [3.05, 3.63) is 30.1 Å². The summed E-state index contributed by atoms with van der Waals surface area (Å²) in [6.45, 7) is 6.43. The number of piperidine rings is 1. The SMILES string of the molecule is CC(C)Oc1cncc(C2=CCC3CNCC(C2)C3)c1. The van der Waals surface area contributed by atoms with Crippen LogP contribution in [0.3, 0.4) is 0 Å². The van der Waals surface area contributed by atoms with Crippen LogP contribution in [0.4, 0.5) is 0 Å². The Morgan fingerprint density at radius 2 is 2.10 bits per heavy atom. The molecule has 0 spiro atoms. The van der Waals surface area contributed by atoms with Crippen LogP contribution in [0, 0.1) is 11.8 Å². The van der Waals surface area contributed by atoms with Gasteiger partial charge in [0.2, 0.25) is 0 Å². The molecule has 2 aliphatic rings. The number of nitrogens with one attached hydrogen (secondary N) is 1. The van der Waals surface area contributed by atoms with E-state index >= 15 is 0 Å². The van der Waals surface area contributed by atoms with Crippen LogP contribution in [-0.4, -0.2) is 24.2 Å². The Morgan fingerprint density at radius 1 is 1.25 bits per heavy atom. The average Bonchev–Trinajstić information content (AvgIpc) is 2.57. The Labute approximate surface area is 121 Å². The summed E-state index contributed by atoms with van der Waals surface area (Å²) < 4.78 is 5.76. The first-order valence-corrected chi connectivity index (χ1v) is 7.72. The standard InChI is InChI=1S/C17H24N2O/c1-12(2)20-17-7-16(10-19-11-17)15-4-3-13-5-14(6-15)9-18-8-13/h4,7,10-14,18H,3,5-6,8-9H2,1-2H3. The molecule has 3 rings (SSSR count). The molecule has 1 aromatic rings. The lowest BCUT2D eigenvalue weighted by Crippen LogP contribution is -2.35. The maximum Gasteiger partial charge on any atom is 0.138 e. The first-order chi connectivity index (χ1) is 9.70. The lowest BCUT2D eigenvalue weighted by Gasteiger charge is -2.27. The summed E-state index contributed by atoms with van der Waals surface area (Å²) in [4.78, 5) is 4.35. The minimum atomic E-state index is 0.193. The predicted octanol–water partition coefficient (Wildman–Crippen LogP) is 3.27. The second-order valence-corrected chi connectivity index (χ2v) is 6.37. The molecule has 1 N–H and O–H groups in total. The van der Waals surface area contributed by atoms with Crippen molar-refractivity contribution in [2.75, 3.05) is 13.1 Å². The van der Waals surface area contributed by atoms with Crippen molar-refractivity contribution in [1.29, 1.82) is 0 Å². The lowest BCUT2D eigenvalue weighted by molar-refractivity contribution is 0.241. The van der Waals surface area contributed by atoms with Crippen LogP contribution in [0.2, 0.25) is 0 Å². The number of allylic oxidation sites excluding steroid dienone is 2. The summed E-state index contributed by atoms with van der Waals surface area (Å²) in [7, 11) is 0. The Hall–Kier alpha value is -1.35. The third-order valence-corrected chi connectivity index (χ3v) is 4.19. The Morgan fingerprint density at radius 3 is 2.95 bits per heavy atom. The molecule has 2 heterocycles. The van der Waals surface area contributed by atoms with E-state index in [1.54, 1.807) is 6.20 Å². The van der Waals surface area contributed by atoms with Gasteiger partial charge in [0.05, 0.1) is 12.3 Å². The summed E-state index contributed by atoms with van der Waals surface area (Å²) in [6, 6.07) is 2.14. The second kappa shape index (κ2) is 5.96. The Balaban J connectivity index is 1.81. The van der Waals surface area contributed by atoms with Gasteiger partial charge in [0.15, 0.2) is 0 Å². The van der Waals surface area contributed by atoms with E-state index in [0.29, 0.717) is 0 Å². The fraction of sp³-hybridized carbons (Fsp3) is 0.588. The summed E-state index contributed by atoms with van der Waals surface area (Å²) in [5.74, 6) is 2.47. The quantitative estimate of drug-likeness (QED) is 0.917. The van der Waals surface area contributed by atoms with E-state index in [9.17, 15) is 0 Å². The maximum absolute atomic E-state index is 5.76. The summed E-state index contributed by atoms with van der Waals surface area (Å²) in [5, 5.41) is 3.56. The van der Waals surface area contributed by atoms with Crippen LogP contribution < -0.4 is 10.1 Å². The van der Waals surface area contributed by atoms with E-state index in [2.05, 4.69) is 22.4 Å². The normalized spacial score (nSPS) is 26.1. The highest BCUT2D eigenvalue weighted by Crippen LogP contribution is 2.34. The Kier molecular flexibility index (Phi) is 4.06. The van der Waals surface area contributed by atoms with Gasteiger partial charge in [-0.05, 0) is 75.2 Å². The number of pyridine rings is 1. The van der Waals surface area contributed by atoms with Crippen molar-refractivity contribution in [2.45, 2.75) is 39.2 Å². The first kappa shape index (κ1) is 13.6. The highest BCUT2D eigenvalue weighted by molar-refractivity contribution is 5.66. The molecule has 0 amide bonds. The van der Waals surface area contributed by atoms with Crippen molar-refractivity contribution in [1.82, 2.24) is 10.3 Å². The van der Waals surface area contributed by atoms with E-state index in [-0.39, 0.29) is 6.10 Å². The van der Waals surface area contributed by atoms with Crippen LogP contribution in [-0.2, 0) is 0 Å². The lowest BCUT2D eigenvalue weighted by atomic mass is 9.88. The van der Waals surface area contributed by atoms with Crippen LogP contribution in [0.25, 0.3) is 5.57 Å². The highest BCUT2D eigenvalue weighted by Gasteiger charge is 2.25. The third-order valence-electron chi connectivity index (χ3n) is 4.19. The van der Waals surface area contributed by atoms with Gasteiger partial charge < -0.3 is 10.1 Å². The van der Waals surface area contributed by atoms with Gasteiger partial charge in [-0.2, -0.15) is 0 Å². The molecule has 2 unspecified atom stereocenters. The number of rotatable bonds is 3. The van der Waals surface area contributed by atoms with Crippen molar-refractivity contribution in [2.24, 2.45) is 11.8 Å². The molecule has 0 saturated carbocycles. The molecule has 0 aromatic carbocycles. The van der Waals surface area contributed by atoms with E-state index in [4.69, 9.17) is 4.74 Å². The Bertz CT molecular complexity index is 496. The summed E-state index contributed by atoms with van der Waals surface area (Å²) >= 11 is 0. The van der Waals surface area contributed by atoms with Crippen LogP contribution in [0.15, 0.2) is 24.5 Å². The number of fused-ring (bicyclic) bond motifs is 2. The number of nitrogens with zero attached hydrogens (tertiary/aromatic N) is 1. The number of hydrogen-bond acceptors (Lipinski definition) is 3. The van der Waals surface area contributed by atoms with Gasteiger partial charge in [0, 0.05) is 6.20 Å². The summed E-state index contributed by atoms with van der Waals surface area (Å²) in [6.07, 6.45) is 10.1. The molecule has 3 nitrogen and oxygen atoms in total. The molecule has 2 bridgehead atoms. The van der Waals surface area contributed by atoms with Gasteiger partial charge in [0.1, 0.15) is 5.75 Å². The number of aromatic nitrogens is 1. The monoisotopic (exact) mass is 272 g/mol. The second-order valence-electron chi connectivity index (χ2n) is 6.37. The maximum atomic E-state index is 5.76. The van der Waals surface area contributed by atoms with Gasteiger partial charge >= 0.3 is 0 Å². The zero-order chi connectivity index (χ0) is 13.9. The van der Waals surface area contributed by atoms with E-state index < -0.39 is 0 Å². The zero-order valence-corrected chi connectivity index (χ0v) is 12.4. The topological polar surface area (TPSA) is 34.1 Å². The molecule has 2 atom stereocenters. The smallest absolute Gasteiger partial charge is 0.138 e. The largest absolute Gasteiger partial charge is 0.489 e. The fourth-order valence-electron chi connectivity index (χ4n) is 3.33. The molecule has 3 heteroatoms. The third kappa shape index (κ3) is 3.21. The van der Waals surface area contributed by atoms with Gasteiger partial charge in [-0.15, -0.1) is 0 Å². The van der Waals surface area contributed by atoms with Crippen molar-refractivity contribution < 1.29 is 4.74 Å². The molecule has 1 aromatic heterocycles. The van der Waals surface area contributed by atoms with Gasteiger partial charge in [-0.3, -0.25) is 4.98 Å². The molecule has 1 saturated heterocycles. The van der Waals surface area contributed by atoms with E-state index in [1.807, 2.05) is 20.0 Å². The molecule has 1 fully saturated rings. The molecule has 1 aliphatic heterocycles. The minimum absolute atomic E-state index is 0.193. The fourth-order valence-corrected chi connectivity index (χ4v) is 3.33. The highest BCUT2D eigenvalue weighted by atomic mass is 16.5. The van der Waals surface area contributed by atoms with Crippen LogP contribution in [0.1, 0.15) is 38.7 Å². The molecule has 108 valence electrons.